The molecule has 1 aromatic heterocycles. The smallest absolute Gasteiger partial charge is 0.389 e. The highest BCUT2D eigenvalue weighted by atomic mass is 16.6. The zero-order chi connectivity index (χ0) is 12.1. The van der Waals surface area contributed by atoms with Gasteiger partial charge in [-0.3, -0.25) is 0 Å². The van der Waals surface area contributed by atoms with Crippen LogP contribution in [0.3, 0.4) is 0 Å². The fourth-order valence-corrected chi connectivity index (χ4v) is 1.14. The van der Waals surface area contributed by atoms with Crippen molar-refractivity contribution in [3.8, 4) is 0 Å². The standard InChI is InChI=1S/C9H11N3O4/c1-2-7(9(13)14)3-5-11-6-4-8(10-11)12(15)16/h3-4,6H,2,5H2,1H3,(H,13,14). The van der Waals surface area contributed by atoms with Crippen molar-refractivity contribution in [3.63, 3.8) is 0 Å². The molecule has 16 heavy (non-hydrogen) atoms. The monoisotopic (exact) mass is 225 g/mol. The summed E-state index contributed by atoms with van der Waals surface area (Å²) in [4.78, 5) is 20.4. The van der Waals surface area contributed by atoms with Crippen molar-refractivity contribution in [1.29, 1.82) is 0 Å². The Bertz CT molecular complexity index is 436. The molecule has 0 bridgehead atoms. The summed E-state index contributed by atoms with van der Waals surface area (Å²) in [6, 6.07) is 1.26. The van der Waals surface area contributed by atoms with E-state index in [1.54, 1.807) is 6.92 Å². The zero-order valence-corrected chi connectivity index (χ0v) is 8.66. The van der Waals surface area contributed by atoms with E-state index in [1.807, 2.05) is 0 Å². The van der Waals surface area contributed by atoms with Crippen LogP contribution in [0.1, 0.15) is 13.3 Å². The molecule has 1 N–H and O–H groups in total. The molecule has 0 radical (unpaired) electrons. The Morgan fingerprint density at radius 3 is 2.88 bits per heavy atom. The van der Waals surface area contributed by atoms with Crippen LogP contribution in [0.4, 0.5) is 5.82 Å². The van der Waals surface area contributed by atoms with Crippen molar-refractivity contribution in [2.45, 2.75) is 19.9 Å². The topological polar surface area (TPSA) is 98.3 Å². The lowest BCUT2D eigenvalue weighted by Crippen LogP contribution is -2.03. The summed E-state index contributed by atoms with van der Waals surface area (Å²) in [5.41, 5.74) is 0.262. The number of rotatable bonds is 5. The molecule has 1 rings (SSSR count). The number of nitrogens with zero attached hydrogens (tertiary/aromatic N) is 3. The number of carbonyl (C=O) groups is 1. The Kier molecular flexibility index (Phi) is 3.76. The molecule has 86 valence electrons. The van der Waals surface area contributed by atoms with Gasteiger partial charge >= 0.3 is 11.8 Å². The molecule has 0 aliphatic rings. The van der Waals surface area contributed by atoms with Gasteiger partial charge in [0, 0.05) is 5.57 Å². The minimum Gasteiger partial charge on any atom is -0.478 e. The van der Waals surface area contributed by atoms with Crippen LogP contribution in [0.5, 0.6) is 0 Å². The quantitative estimate of drug-likeness (QED) is 0.461. The van der Waals surface area contributed by atoms with E-state index < -0.39 is 10.9 Å². The highest BCUT2D eigenvalue weighted by molar-refractivity contribution is 5.86. The number of allylic oxidation sites excluding steroid dienone is 1. The van der Waals surface area contributed by atoms with E-state index in [9.17, 15) is 14.9 Å². The van der Waals surface area contributed by atoms with Crippen molar-refractivity contribution < 1.29 is 14.8 Å². The van der Waals surface area contributed by atoms with Crippen LogP contribution in [0, 0.1) is 10.1 Å². The fourth-order valence-electron chi connectivity index (χ4n) is 1.14. The second-order valence-corrected chi connectivity index (χ2v) is 3.04. The summed E-state index contributed by atoms with van der Waals surface area (Å²) < 4.78 is 1.32. The molecular weight excluding hydrogens is 214 g/mol. The number of hydrogen-bond donors (Lipinski definition) is 1. The van der Waals surface area contributed by atoms with Gasteiger partial charge in [-0.25, -0.2) is 4.79 Å². The number of aromatic nitrogens is 2. The molecule has 0 aliphatic carbocycles. The van der Waals surface area contributed by atoms with Crippen molar-refractivity contribution in [2.24, 2.45) is 0 Å². The molecular formula is C9H11N3O4. The molecule has 0 aromatic carbocycles. The predicted molar refractivity (Wildman–Crippen MR) is 54.9 cm³/mol. The number of carboxylic acid groups (broad SMARTS) is 1. The molecule has 0 atom stereocenters. The number of carboxylic acids is 1. The average Bonchev–Trinajstić information content (AvgIpc) is 2.67. The van der Waals surface area contributed by atoms with Crippen LogP contribution in [0.15, 0.2) is 23.9 Å². The fraction of sp³-hybridized carbons (Fsp3) is 0.333. The average molecular weight is 225 g/mol. The van der Waals surface area contributed by atoms with Gasteiger partial charge < -0.3 is 15.2 Å². The van der Waals surface area contributed by atoms with E-state index >= 15 is 0 Å². The van der Waals surface area contributed by atoms with Gasteiger partial charge in [-0.05, 0) is 11.3 Å². The van der Waals surface area contributed by atoms with Crippen LogP contribution in [0.25, 0.3) is 0 Å². The Labute approximate surface area is 91.1 Å². The second-order valence-electron chi connectivity index (χ2n) is 3.04. The molecule has 0 aliphatic heterocycles. The maximum Gasteiger partial charge on any atom is 0.389 e. The molecule has 1 heterocycles. The molecule has 7 heteroatoms. The number of hydrogen-bond acceptors (Lipinski definition) is 4. The van der Waals surface area contributed by atoms with Gasteiger partial charge in [-0.15, -0.1) is 0 Å². The van der Waals surface area contributed by atoms with Gasteiger partial charge in [-0.2, -0.15) is 4.68 Å². The van der Waals surface area contributed by atoms with Gasteiger partial charge in [0.1, 0.15) is 0 Å². The van der Waals surface area contributed by atoms with E-state index in [2.05, 4.69) is 5.10 Å². The van der Waals surface area contributed by atoms with Crippen LogP contribution in [-0.2, 0) is 11.3 Å². The molecule has 0 fully saturated rings. The number of nitro groups is 1. The minimum atomic E-state index is -0.982. The third-order valence-corrected chi connectivity index (χ3v) is 1.99. The van der Waals surface area contributed by atoms with Crippen LogP contribution in [0.2, 0.25) is 0 Å². The maximum absolute atomic E-state index is 10.7. The van der Waals surface area contributed by atoms with Crippen molar-refractivity contribution in [2.75, 3.05) is 0 Å². The summed E-state index contributed by atoms with van der Waals surface area (Å²) in [5, 5.41) is 22.7. The normalized spacial score (nSPS) is 11.4. The summed E-state index contributed by atoms with van der Waals surface area (Å²) in [7, 11) is 0. The number of aliphatic carboxylic acids is 1. The van der Waals surface area contributed by atoms with Crippen molar-refractivity contribution in [1.82, 2.24) is 9.78 Å². The molecule has 0 saturated heterocycles. The first-order valence-electron chi connectivity index (χ1n) is 4.64. The van der Waals surface area contributed by atoms with Crippen molar-refractivity contribution >= 4 is 11.8 Å². The third kappa shape index (κ3) is 2.91. The molecule has 0 unspecified atom stereocenters. The Morgan fingerprint density at radius 1 is 1.75 bits per heavy atom. The van der Waals surface area contributed by atoms with Gasteiger partial charge in [0.25, 0.3) is 0 Å². The first-order valence-corrected chi connectivity index (χ1v) is 4.64. The summed E-state index contributed by atoms with van der Waals surface area (Å²) in [6.07, 6.45) is 3.32. The van der Waals surface area contributed by atoms with Gasteiger partial charge in [0.15, 0.2) is 0 Å². The third-order valence-electron chi connectivity index (χ3n) is 1.99. The molecule has 0 amide bonds. The van der Waals surface area contributed by atoms with Crippen LogP contribution in [-0.4, -0.2) is 25.8 Å². The molecule has 0 spiro atoms. The highest BCUT2D eigenvalue weighted by Gasteiger charge is 2.10. The van der Waals surface area contributed by atoms with E-state index in [0.29, 0.717) is 6.42 Å². The lowest BCUT2D eigenvalue weighted by molar-refractivity contribution is -0.389. The van der Waals surface area contributed by atoms with E-state index in [-0.39, 0.29) is 17.9 Å². The first kappa shape index (κ1) is 11.9. The van der Waals surface area contributed by atoms with Crippen LogP contribution >= 0.6 is 0 Å². The van der Waals surface area contributed by atoms with Crippen molar-refractivity contribution in [3.05, 3.63) is 34.0 Å². The molecule has 7 nitrogen and oxygen atoms in total. The summed E-state index contributed by atoms with van der Waals surface area (Å²) in [6.45, 7) is 1.94. The van der Waals surface area contributed by atoms with Gasteiger partial charge in [0.05, 0.1) is 23.9 Å². The first-order chi connectivity index (χ1) is 7.54. The highest BCUT2D eigenvalue weighted by Crippen LogP contribution is 2.06. The van der Waals surface area contributed by atoms with Gasteiger partial charge in [-0.1, -0.05) is 13.0 Å². The minimum absolute atomic E-state index is 0.212. The van der Waals surface area contributed by atoms with Crippen LogP contribution < -0.4 is 0 Å². The summed E-state index contributed by atoms with van der Waals surface area (Å²) in [5.74, 6) is -1.23. The Morgan fingerprint density at radius 2 is 2.44 bits per heavy atom. The Hall–Kier alpha value is -2.18. The lowest BCUT2D eigenvalue weighted by Gasteiger charge is -1.96. The maximum atomic E-state index is 10.7. The second kappa shape index (κ2) is 5.06. The zero-order valence-electron chi connectivity index (χ0n) is 8.66. The lowest BCUT2D eigenvalue weighted by atomic mass is 10.2. The predicted octanol–water partition coefficient (Wildman–Crippen LogP) is 1.21. The molecule has 0 saturated carbocycles. The van der Waals surface area contributed by atoms with E-state index in [0.717, 1.165) is 0 Å². The largest absolute Gasteiger partial charge is 0.478 e. The van der Waals surface area contributed by atoms with Gasteiger partial charge in [0.2, 0.25) is 0 Å². The van der Waals surface area contributed by atoms with E-state index in [4.69, 9.17) is 5.11 Å². The Balaban J connectivity index is 2.73. The van der Waals surface area contributed by atoms with E-state index in [1.165, 1.54) is 23.0 Å². The molecule has 1 aromatic rings. The summed E-state index contributed by atoms with van der Waals surface area (Å²) >= 11 is 0. The SMILES string of the molecule is CCC(=CCn1ccc([N+](=O)[O-])n1)C(=O)O.